The third-order valence-electron chi connectivity index (χ3n) is 3.79. The molecule has 0 fully saturated rings. The molecule has 0 unspecified atom stereocenters. The summed E-state index contributed by atoms with van der Waals surface area (Å²) in [6, 6.07) is 7.65. The number of nitrogens with zero attached hydrogens (tertiary/aromatic N) is 1. The standard InChI is InChI=1S/C17H13FN2O3/c1-3-9-6-14-13(16(20-22)17(21)19-14)8-11(9)12-7-10(18)4-5-15(12)23-2/h4-8H,1,3H2,2H3,(H-,19,20,21,22)/p+1. The first-order chi connectivity index (χ1) is 11.1. The lowest BCUT2D eigenvalue weighted by Gasteiger charge is -2.12. The maximum Gasteiger partial charge on any atom is 0.219 e. The predicted octanol–water partition coefficient (Wildman–Crippen LogP) is 4.46. The second-order valence-electron chi connectivity index (χ2n) is 5.06. The highest BCUT2D eigenvalue weighted by atomic mass is 19.1. The Morgan fingerprint density at radius 3 is 2.74 bits per heavy atom. The summed E-state index contributed by atoms with van der Waals surface area (Å²) in [6.45, 7) is 3.88. The van der Waals surface area contributed by atoms with Crippen molar-refractivity contribution in [2.45, 2.75) is 6.42 Å². The van der Waals surface area contributed by atoms with Gasteiger partial charge in [0.15, 0.2) is 5.69 Å². The first-order valence-electron chi connectivity index (χ1n) is 6.93. The number of nitroso groups, excluding NO2 is 1. The molecular weight excluding hydrogens is 299 g/mol. The Hall–Kier alpha value is -3.02. The smallest absolute Gasteiger partial charge is 0.219 e. The number of ether oxygens (including phenoxy) is 1. The van der Waals surface area contributed by atoms with Crippen LogP contribution in [0.3, 0.4) is 0 Å². The molecule has 1 aromatic heterocycles. The summed E-state index contributed by atoms with van der Waals surface area (Å²) in [4.78, 5) is 13.7. The van der Waals surface area contributed by atoms with E-state index in [2.05, 4.69) is 17.1 Å². The lowest BCUT2D eigenvalue weighted by atomic mass is 9.95. The largest absolute Gasteiger partial charge is 0.496 e. The van der Waals surface area contributed by atoms with Crippen molar-refractivity contribution in [3.05, 3.63) is 53.5 Å². The van der Waals surface area contributed by atoms with Gasteiger partial charge >= 0.3 is 0 Å². The number of halogens is 1. The molecular formula is C17H14FN2O3+. The van der Waals surface area contributed by atoms with Crippen LogP contribution < -0.4 is 4.74 Å². The molecule has 0 aliphatic rings. The Bertz CT molecular complexity index is 902. The van der Waals surface area contributed by atoms with Crippen molar-refractivity contribution in [3.8, 4) is 22.8 Å². The second kappa shape index (κ2) is 5.64. The van der Waals surface area contributed by atoms with Gasteiger partial charge in [0.25, 0.3) is 0 Å². The van der Waals surface area contributed by atoms with E-state index in [1.165, 1.54) is 25.3 Å². The molecule has 0 aliphatic carbocycles. The molecule has 0 saturated heterocycles. The number of nitrogens with one attached hydrogen (secondary N) is 1. The van der Waals surface area contributed by atoms with Crippen LogP contribution in [0.25, 0.3) is 22.0 Å². The van der Waals surface area contributed by atoms with Crippen LogP contribution in [0.4, 0.5) is 10.1 Å². The Morgan fingerprint density at radius 2 is 2.09 bits per heavy atom. The zero-order valence-corrected chi connectivity index (χ0v) is 12.4. The summed E-state index contributed by atoms with van der Waals surface area (Å²) in [5.41, 5.74) is 2.53. The van der Waals surface area contributed by atoms with Gasteiger partial charge in [0, 0.05) is 16.5 Å². The van der Waals surface area contributed by atoms with E-state index in [1.807, 2.05) is 0 Å². The highest BCUT2D eigenvalue weighted by molar-refractivity contribution is 5.98. The molecule has 2 N–H and O–H groups in total. The summed E-state index contributed by atoms with van der Waals surface area (Å²) >= 11 is 0. The third kappa shape index (κ3) is 2.38. The van der Waals surface area contributed by atoms with Crippen LogP contribution in [-0.4, -0.2) is 17.2 Å². The molecule has 0 saturated carbocycles. The molecule has 0 aliphatic heterocycles. The number of H-pyrrole nitrogens is 1. The maximum atomic E-state index is 13.7. The average molecular weight is 313 g/mol. The van der Waals surface area contributed by atoms with Gasteiger partial charge < -0.3 is 14.8 Å². The summed E-state index contributed by atoms with van der Waals surface area (Å²) in [6.07, 6.45) is 0.439. The van der Waals surface area contributed by atoms with E-state index in [4.69, 9.17) is 4.74 Å². The average Bonchev–Trinajstić information content (AvgIpc) is 2.87. The normalized spacial score (nSPS) is 10.9. The Morgan fingerprint density at radius 1 is 1.30 bits per heavy atom. The van der Waals surface area contributed by atoms with Crippen molar-refractivity contribution in [1.29, 1.82) is 0 Å². The van der Waals surface area contributed by atoms with Gasteiger partial charge in [0.2, 0.25) is 5.88 Å². The van der Waals surface area contributed by atoms with Crippen LogP contribution >= 0.6 is 0 Å². The molecule has 1 heterocycles. The van der Waals surface area contributed by atoms with Crippen LogP contribution in [0.15, 0.2) is 35.5 Å². The van der Waals surface area contributed by atoms with E-state index >= 15 is 0 Å². The SMILES string of the molecule is [CH2+]Cc1cc2[nH]c(O)c(N=O)c2cc1-c1cc(F)ccc1OC. The van der Waals surface area contributed by atoms with E-state index in [0.29, 0.717) is 34.2 Å². The molecule has 0 radical (unpaired) electrons. The van der Waals surface area contributed by atoms with Crippen molar-refractivity contribution in [3.63, 3.8) is 0 Å². The van der Waals surface area contributed by atoms with Gasteiger partial charge in [0.1, 0.15) is 18.0 Å². The molecule has 3 aromatic rings. The van der Waals surface area contributed by atoms with Gasteiger partial charge in [-0.2, -0.15) is 0 Å². The molecule has 0 bridgehead atoms. The monoisotopic (exact) mass is 313 g/mol. The number of hydrogen-bond acceptors (Lipinski definition) is 4. The Kier molecular flexibility index (Phi) is 3.65. The molecule has 0 spiro atoms. The van der Waals surface area contributed by atoms with E-state index in [9.17, 15) is 14.4 Å². The lowest BCUT2D eigenvalue weighted by molar-refractivity contribution is 0.415. The van der Waals surface area contributed by atoms with Crippen LogP contribution in [0, 0.1) is 17.6 Å². The fraction of sp³-hybridized carbons (Fsp3) is 0.118. The van der Waals surface area contributed by atoms with Crippen LogP contribution in [0.5, 0.6) is 11.6 Å². The van der Waals surface area contributed by atoms with Gasteiger partial charge in [-0.1, -0.05) is 0 Å². The van der Waals surface area contributed by atoms with Crippen LogP contribution in [0.2, 0.25) is 0 Å². The summed E-state index contributed by atoms with van der Waals surface area (Å²) in [5.74, 6) is -0.198. The minimum atomic E-state index is -0.401. The van der Waals surface area contributed by atoms with E-state index in [1.54, 1.807) is 12.1 Å². The minimum absolute atomic E-state index is 0.0766. The van der Waals surface area contributed by atoms with Gasteiger partial charge in [0.05, 0.1) is 19.6 Å². The summed E-state index contributed by atoms with van der Waals surface area (Å²) in [7, 11) is 1.50. The number of aromatic amines is 1. The fourth-order valence-electron chi connectivity index (χ4n) is 2.70. The number of aromatic nitrogens is 1. The van der Waals surface area contributed by atoms with E-state index < -0.39 is 5.82 Å². The molecule has 6 heteroatoms. The number of benzene rings is 2. The number of rotatable bonds is 4. The van der Waals surface area contributed by atoms with Crippen molar-refractivity contribution in [2.75, 3.05) is 7.11 Å². The van der Waals surface area contributed by atoms with Gasteiger partial charge in [-0.05, 0) is 41.1 Å². The third-order valence-corrected chi connectivity index (χ3v) is 3.79. The van der Waals surface area contributed by atoms with Crippen molar-refractivity contribution >= 4 is 16.6 Å². The quantitative estimate of drug-likeness (QED) is 0.551. The van der Waals surface area contributed by atoms with Gasteiger partial charge in [-0.25, -0.2) is 4.39 Å². The summed E-state index contributed by atoms with van der Waals surface area (Å²) < 4.78 is 19.0. The lowest BCUT2D eigenvalue weighted by Crippen LogP contribution is -1.93. The molecule has 116 valence electrons. The predicted molar refractivity (Wildman–Crippen MR) is 86.4 cm³/mol. The second-order valence-corrected chi connectivity index (χ2v) is 5.06. The van der Waals surface area contributed by atoms with Crippen LogP contribution in [-0.2, 0) is 6.42 Å². The Labute approximate surface area is 131 Å². The first-order valence-corrected chi connectivity index (χ1v) is 6.93. The van der Waals surface area contributed by atoms with Gasteiger partial charge in [-0.15, -0.1) is 4.91 Å². The zero-order valence-electron chi connectivity index (χ0n) is 12.4. The Balaban J connectivity index is 2.36. The first kappa shape index (κ1) is 14.9. The minimum Gasteiger partial charge on any atom is -0.496 e. The van der Waals surface area contributed by atoms with Crippen molar-refractivity contribution in [1.82, 2.24) is 4.98 Å². The molecule has 2 aromatic carbocycles. The molecule has 23 heavy (non-hydrogen) atoms. The zero-order chi connectivity index (χ0) is 16.6. The number of fused-ring (bicyclic) bond motifs is 1. The topological polar surface area (TPSA) is 74.7 Å². The number of hydrogen-bond donors (Lipinski definition) is 2. The highest BCUT2D eigenvalue weighted by Gasteiger charge is 2.18. The maximum absolute atomic E-state index is 13.7. The highest BCUT2D eigenvalue weighted by Crippen LogP contribution is 2.41. The van der Waals surface area contributed by atoms with E-state index in [0.717, 1.165) is 5.56 Å². The molecule has 0 atom stereocenters. The molecule has 5 nitrogen and oxygen atoms in total. The molecule has 3 rings (SSSR count). The number of methoxy groups -OCH3 is 1. The van der Waals surface area contributed by atoms with Crippen LogP contribution in [0.1, 0.15) is 5.56 Å². The molecule has 0 amide bonds. The van der Waals surface area contributed by atoms with Crippen molar-refractivity contribution in [2.24, 2.45) is 5.18 Å². The fourth-order valence-corrected chi connectivity index (χ4v) is 2.70. The van der Waals surface area contributed by atoms with Gasteiger partial charge in [-0.3, -0.25) is 0 Å². The van der Waals surface area contributed by atoms with E-state index in [-0.39, 0.29) is 11.6 Å². The number of aromatic hydroxyl groups is 1. The van der Waals surface area contributed by atoms with Crippen molar-refractivity contribution < 1.29 is 14.2 Å². The summed E-state index contributed by atoms with van der Waals surface area (Å²) in [5, 5.41) is 13.1.